The van der Waals surface area contributed by atoms with Gasteiger partial charge in [-0.2, -0.15) is 0 Å². The summed E-state index contributed by atoms with van der Waals surface area (Å²) in [6, 6.07) is 7.19. The summed E-state index contributed by atoms with van der Waals surface area (Å²) in [7, 11) is 0. The predicted octanol–water partition coefficient (Wildman–Crippen LogP) is 2.22. The van der Waals surface area contributed by atoms with Crippen LogP contribution in [-0.4, -0.2) is 18.5 Å². The lowest BCUT2D eigenvalue weighted by Gasteiger charge is -2.02. The minimum Gasteiger partial charge on any atom is -0.463 e. The summed E-state index contributed by atoms with van der Waals surface area (Å²) in [6.45, 7) is 3.55. The summed E-state index contributed by atoms with van der Waals surface area (Å²) >= 11 is 0. The highest BCUT2D eigenvalue weighted by Gasteiger charge is 1.97. The highest BCUT2D eigenvalue weighted by Crippen LogP contribution is 2.11. The topological polar surface area (TPSA) is 55.4 Å². The van der Waals surface area contributed by atoms with Crippen molar-refractivity contribution in [3.8, 4) is 0 Å². The third kappa shape index (κ3) is 4.97. The van der Waals surface area contributed by atoms with Gasteiger partial charge in [-0.3, -0.25) is 4.79 Å². The molecule has 1 rings (SSSR count). The summed E-state index contributed by atoms with van der Waals surface area (Å²) in [5.41, 5.74) is 1.52. The minimum atomic E-state index is -0.377. The summed E-state index contributed by atoms with van der Waals surface area (Å²) in [4.78, 5) is 22.0. The van der Waals surface area contributed by atoms with Crippen LogP contribution in [0.4, 0.5) is 5.69 Å². The average molecular weight is 233 g/mol. The highest BCUT2D eigenvalue weighted by molar-refractivity contribution is 5.90. The monoisotopic (exact) mass is 233 g/mol. The van der Waals surface area contributed by atoms with Gasteiger partial charge in [0.1, 0.15) is 0 Å². The van der Waals surface area contributed by atoms with Gasteiger partial charge in [0.2, 0.25) is 5.91 Å². The second-order valence-electron chi connectivity index (χ2n) is 3.39. The molecule has 0 radical (unpaired) electrons. The molecule has 4 heteroatoms. The lowest BCUT2D eigenvalue weighted by Crippen LogP contribution is -2.05. The van der Waals surface area contributed by atoms with Crippen molar-refractivity contribution in [1.29, 1.82) is 0 Å². The van der Waals surface area contributed by atoms with Crippen LogP contribution in [0.15, 0.2) is 30.3 Å². The van der Waals surface area contributed by atoms with E-state index in [-0.39, 0.29) is 11.9 Å². The smallest absolute Gasteiger partial charge is 0.330 e. The predicted molar refractivity (Wildman–Crippen MR) is 66.4 cm³/mol. The van der Waals surface area contributed by atoms with Crippen LogP contribution in [0.1, 0.15) is 19.4 Å². The zero-order chi connectivity index (χ0) is 12.7. The van der Waals surface area contributed by atoms with Crippen LogP contribution in [0.25, 0.3) is 6.08 Å². The molecular formula is C13H15NO3. The number of hydrogen-bond donors (Lipinski definition) is 1. The molecule has 0 spiro atoms. The summed E-state index contributed by atoms with van der Waals surface area (Å²) in [5.74, 6) is -0.506. The van der Waals surface area contributed by atoms with E-state index in [0.29, 0.717) is 12.3 Å². The van der Waals surface area contributed by atoms with E-state index in [1.165, 1.54) is 13.0 Å². The Bertz CT molecular complexity index is 438. The number of amides is 1. The molecule has 0 fully saturated rings. The fourth-order valence-corrected chi connectivity index (χ4v) is 1.28. The Morgan fingerprint density at radius 3 is 2.82 bits per heavy atom. The molecule has 1 aromatic rings. The van der Waals surface area contributed by atoms with Gasteiger partial charge in [-0.05, 0) is 30.7 Å². The molecule has 1 amide bonds. The minimum absolute atomic E-state index is 0.128. The van der Waals surface area contributed by atoms with Gasteiger partial charge >= 0.3 is 5.97 Å². The van der Waals surface area contributed by atoms with Crippen LogP contribution in [0, 0.1) is 0 Å². The molecule has 0 unspecified atom stereocenters. The second-order valence-corrected chi connectivity index (χ2v) is 3.39. The van der Waals surface area contributed by atoms with Crippen LogP contribution < -0.4 is 5.32 Å². The van der Waals surface area contributed by atoms with Crippen molar-refractivity contribution in [2.75, 3.05) is 11.9 Å². The lowest BCUT2D eigenvalue weighted by atomic mass is 10.2. The zero-order valence-corrected chi connectivity index (χ0v) is 9.90. The largest absolute Gasteiger partial charge is 0.463 e. The first-order valence-corrected chi connectivity index (χ1v) is 5.34. The van der Waals surface area contributed by atoms with Gasteiger partial charge < -0.3 is 10.1 Å². The average Bonchev–Trinajstić information content (AvgIpc) is 2.26. The number of carbonyl (C=O) groups is 2. The number of benzene rings is 1. The maximum absolute atomic E-state index is 11.1. The summed E-state index contributed by atoms with van der Waals surface area (Å²) < 4.78 is 4.76. The van der Waals surface area contributed by atoms with Gasteiger partial charge in [0.15, 0.2) is 0 Å². The molecular weight excluding hydrogens is 218 g/mol. The van der Waals surface area contributed by atoms with E-state index < -0.39 is 0 Å². The van der Waals surface area contributed by atoms with Crippen molar-refractivity contribution < 1.29 is 14.3 Å². The molecule has 0 heterocycles. The zero-order valence-electron chi connectivity index (χ0n) is 9.90. The van der Waals surface area contributed by atoms with Crippen molar-refractivity contribution in [2.45, 2.75) is 13.8 Å². The third-order valence-corrected chi connectivity index (χ3v) is 1.91. The van der Waals surface area contributed by atoms with Crippen molar-refractivity contribution in [1.82, 2.24) is 0 Å². The number of anilines is 1. The summed E-state index contributed by atoms with van der Waals surface area (Å²) in [5, 5.41) is 2.67. The number of rotatable bonds is 4. The molecule has 0 aliphatic heterocycles. The van der Waals surface area contributed by atoms with Crippen molar-refractivity contribution in [2.24, 2.45) is 0 Å². The van der Waals surface area contributed by atoms with E-state index in [0.717, 1.165) is 5.56 Å². The van der Waals surface area contributed by atoms with Crippen LogP contribution in [0.2, 0.25) is 0 Å². The number of nitrogens with one attached hydrogen (secondary N) is 1. The van der Waals surface area contributed by atoms with E-state index in [4.69, 9.17) is 4.74 Å². The molecule has 0 atom stereocenters. The van der Waals surface area contributed by atoms with Gasteiger partial charge in [-0.25, -0.2) is 4.79 Å². The van der Waals surface area contributed by atoms with Crippen LogP contribution >= 0.6 is 0 Å². The van der Waals surface area contributed by atoms with Crippen LogP contribution in [0.3, 0.4) is 0 Å². The Hall–Kier alpha value is -2.10. The number of ether oxygens (including phenoxy) is 1. The molecule has 4 nitrogen and oxygen atoms in total. The fourth-order valence-electron chi connectivity index (χ4n) is 1.28. The van der Waals surface area contributed by atoms with Crippen LogP contribution in [0.5, 0.6) is 0 Å². The van der Waals surface area contributed by atoms with Gasteiger partial charge in [0.25, 0.3) is 0 Å². The van der Waals surface area contributed by atoms with Crippen molar-refractivity contribution in [3.63, 3.8) is 0 Å². The molecule has 0 saturated carbocycles. The van der Waals surface area contributed by atoms with E-state index >= 15 is 0 Å². The Morgan fingerprint density at radius 2 is 2.18 bits per heavy atom. The van der Waals surface area contributed by atoms with Gasteiger partial charge in [-0.1, -0.05) is 12.1 Å². The molecule has 0 aliphatic carbocycles. The van der Waals surface area contributed by atoms with E-state index in [2.05, 4.69) is 5.32 Å². The number of hydrogen-bond acceptors (Lipinski definition) is 3. The number of esters is 1. The second kappa shape index (κ2) is 6.48. The quantitative estimate of drug-likeness (QED) is 0.640. The normalized spacial score (nSPS) is 10.2. The molecule has 0 aromatic heterocycles. The van der Waals surface area contributed by atoms with Gasteiger partial charge in [0, 0.05) is 18.7 Å². The molecule has 0 saturated heterocycles. The van der Waals surface area contributed by atoms with Crippen LogP contribution in [-0.2, 0) is 14.3 Å². The SMILES string of the molecule is CCOC(=O)/C=C/c1cccc(NC(C)=O)c1. The first kappa shape index (κ1) is 13.0. The van der Waals surface area contributed by atoms with E-state index in [9.17, 15) is 9.59 Å². The Kier molecular flexibility index (Phi) is 4.94. The molecule has 0 bridgehead atoms. The Labute approximate surface area is 100 Å². The van der Waals surface area contributed by atoms with Gasteiger partial charge in [0.05, 0.1) is 6.61 Å². The maximum atomic E-state index is 11.1. The summed E-state index contributed by atoms with van der Waals surface area (Å²) in [6.07, 6.45) is 3.00. The van der Waals surface area contributed by atoms with Crippen molar-refractivity contribution >= 4 is 23.6 Å². The van der Waals surface area contributed by atoms with Gasteiger partial charge in [-0.15, -0.1) is 0 Å². The Morgan fingerprint density at radius 1 is 1.41 bits per heavy atom. The molecule has 17 heavy (non-hydrogen) atoms. The number of carbonyl (C=O) groups excluding carboxylic acids is 2. The molecule has 1 N–H and O–H groups in total. The fraction of sp³-hybridized carbons (Fsp3) is 0.231. The maximum Gasteiger partial charge on any atom is 0.330 e. The third-order valence-electron chi connectivity index (χ3n) is 1.91. The Balaban J connectivity index is 2.71. The molecule has 90 valence electrons. The van der Waals surface area contributed by atoms with E-state index in [1.54, 1.807) is 31.2 Å². The molecule has 0 aliphatic rings. The lowest BCUT2D eigenvalue weighted by molar-refractivity contribution is -0.137. The van der Waals surface area contributed by atoms with Crippen molar-refractivity contribution in [3.05, 3.63) is 35.9 Å². The first-order chi connectivity index (χ1) is 8.11. The first-order valence-electron chi connectivity index (χ1n) is 5.34. The molecule has 1 aromatic carbocycles. The van der Waals surface area contributed by atoms with E-state index in [1.807, 2.05) is 6.07 Å². The highest BCUT2D eigenvalue weighted by atomic mass is 16.5. The standard InChI is InChI=1S/C13H15NO3/c1-3-17-13(16)8-7-11-5-4-6-12(9-11)14-10(2)15/h4-9H,3H2,1-2H3,(H,14,15)/b8-7+.